The molecule has 0 saturated carbocycles. The van der Waals surface area contributed by atoms with Crippen molar-refractivity contribution < 1.29 is 13.2 Å². The highest BCUT2D eigenvalue weighted by Crippen LogP contribution is 2.30. The van der Waals surface area contributed by atoms with Crippen molar-refractivity contribution >= 4 is 12.4 Å². The van der Waals surface area contributed by atoms with E-state index < -0.39 is 11.7 Å². The van der Waals surface area contributed by atoms with Crippen LogP contribution in [0.3, 0.4) is 0 Å². The van der Waals surface area contributed by atoms with Crippen LogP contribution in [-0.4, -0.2) is 24.0 Å². The molecule has 0 spiro atoms. The molecular formula is C14H20ClF3N2. The summed E-state index contributed by atoms with van der Waals surface area (Å²) in [7, 11) is 0. The zero-order valence-electron chi connectivity index (χ0n) is 11.4. The third kappa shape index (κ3) is 4.11. The molecule has 2 nitrogen and oxygen atoms in total. The van der Waals surface area contributed by atoms with Gasteiger partial charge in [-0.2, -0.15) is 13.2 Å². The van der Waals surface area contributed by atoms with Gasteiger partial charge in [-0.15, -0.1) is 12.4 Å². The van der Waals surface area contributed by atoms with Crippen molar-refractivity contribution in [2.24, 2.45) is 11.7 Å². The average molecular weight is 309 g/mol. The van der Waals surface area contributed by atoms with Gasteiger partial charge in [0.05, 0.1) is 5.56 Å². The molecule has 1 aromatic rings. The summed E-state index contributed by atoms with van der Waals surface area (Å²) < 4.78 is 37.9. The van der Waals surface area contributed by atoms with Gasteiger partial charge in [0.15, 0.2) is 0 Å². The zero-order valence-corrected chi connectivity index (χ0v) is 12.2. The van der Waals surface area contributed by atoms with E-state index in [4.69, 9.17) is 5.73 Å². The van der Waals surface area contributed by atoms with Crippen LogP contribution in [-0.2, 0) is 12.7 Å². The Morgan fingerprint density at radius 2 is 2.05 bits per heavy atom. The van der Waals surface area contributed by atoms with Gasteiger partial charge >= 0.3 is 6.18 Å². The van der Waals surface area contributed by atoms with E-state index in [0.717, 1.165) is 19.0 Å². The van der Waals surface area contributed by atoms with Gasteiger partial charge in [0, 0.05) is 19.1 Å². The van der Waals surface area contributed by atoms with Crippen LogP contribution in [0.25, 0.3) is 0 Å². The summed E-state index contributed by atoms with van der Waals surface area (Å²) in [4.78, 5) is 2.20. The molecular weight excluding hydrogens is 289 g/mol. The second-order valence-corrected chi connectivity index (χ2v) is 5.31. The molecule has 114 valence electrons. The van der Waals surface area contributed by atoms with Crippen LogP contribution in [0.1, 0.15) is 24.5 Å². The van der Waals surface area contributed by atoms with Crippen LogP contribution in [0.2, 0.25) is 0 Å². The fourth-order valence-electron chi connectivity index (χ4n) is 2.69. The largest absolute Gasteiger partial charge is 0.416 e. The quantitative estimate of drug-likeness (QED) is 0.928. The van der Waals surface area contributed by atoms with E-state index in [1.807, 2.05) is 0 Å². The lowest BCUT2D eigenvalue weighted by Crippen LogP contribution is -2.27. The highest BCUT2D eigenvalue weighted by Gasteiger charge is 2.31. The average Bonchev–Trinajstić information content (AvgIpc) is 2.70. The first-order valence-electron chi connectivity index (χ1n) is 6.50. The molecule has 0 amide bonds. The lowest BCUT2D eigenvalue weighted by molar-refractivity contribution is -0.137. The van der Waals surface area contributed by atoms with Gasteiger partial charge < -0.3 is 5.73 Å². The number of nitrogens with zero attached hydrogens (tertiary/aromatic N) is 1. The Balaban J connectivity index is 0.00000200. The van der Waals surface area contributed by atoms with Crippen molar-refractivity contribution in [3.8, 4) is 0 Å². The number of halogens is 4. The molecule has 2 N–H and O–H groups in total. The molecule has 1 aliphatic rings. The Bertz CT molecular complexity index is 437. The second kappa shape index (κ2) is 6.78. The lowest BCUT2D eigenvalue weighted by atomic mass is 10.1. The summed E-state index contributed by atoms with van der Waals surface area (Å²) in [6.45, 7) is 4.17. The number of hydrogen-bond donors (Lipinski definition) is 1. The van der Waals surface area contributed by atoms with Gasteiger partial charge in [0.25, 0.3) is 0 Å². The van der Waals surface area contributed by atoms with Gasteiger partial charge in [0.1, 0.15) is 0 Å². The fraction of sp³-hybridized carbons (Fsp3) is 0.571. The maximum atomic E-state index is 12.6. The first-order chi connectivity index (χ1) is 8.90. The summed E-state index contributed by atoms with van der Waals surface area (Å²) in [5.74, 6) is 0.459. The number of likely N-dealkylation sites (tertiary alicyclic amines) is 1. The summed E-state index contributed by atoms with van der Waals surface area (Å²) in [6.07, 6.45) is -3.25. The molecule has 0 aliphatic carbocycles. The summed E-state index contributed by atoms with van der Waals surface area (Å²) in [5, 5.41) is 0. The standard InChI is InChI=1S/C14H19F3N2.ClH/c1-10-5-12(7-18)9-19(10)8-11-3-2-4-13(6-11)14(15,16)17;/h2-4,6,10,12H,5,7-9,18H2,1H3;1H. The van der Waals surface area contributed by atoms with Crippen molar-refractivity contribution in [1.29, 1.82) is 0 Å². The van der Waals surface area contributed by atoms with E-state index in [1.165, 1.54) is 12.1 Å². The van der Waals surface area contributed by atoms with E-state index in [2.05, 4.69) is 11.8 Å². The van der Waals surface area contributed by atoms with Crippen LogP contribution in [0.4, 0.5) is 13.2 Å². The molecule has 2 unspecified atom stereocenters. The lowest BCUT2D eigenvalue weighted by Gasteiger charge is -2.21. The molecule has 1 aliphatic heterocycles. The molecule has 1 fully saturated rings. The van der Waals surface area contributed by atoms with E-state index >= 15 is 0 Å². The number of benzene rings is 1. The molecule has 6 heteroatoms. The first-order valence-corrected chi connectivity index (χ1v) is 6.50. The molecule has 20 heavy (non-hydrogen) atoms. The summed E-state index contributed by atoms with van der Waals surface area (Å²) in [6, 6.07) is 5.95. The SMILES string of the molecule is CC1CC(CN)CN1Cc1cccc(C(F)(F)F)c1.Cl. The van der Waals surface area contributed by atoms with Crippen molar-refractivity contribution in [3.05, 3.63) is 35.4 Å². The molecule has 1 saturated heterocycles. The van der Waals surface area contributed by atoms with Gasteiger partial charge in [-0.05, 0) is 37.4 Å². The van der Waals surface area contributed by atoms with E-state index in [9.17, 15) is 13.2 Å². The van der Waals surface area contributed by atoms with E-state index in [0.29, 0.717) is 30.6 Å². The molecule has 0 bridgehead atoms. The summed E-state index contributed by atoms with van der Waals surface area (Å²) in [5.41, 5.74) is 5.79. The Morgan fingerprint density at radius 1 is 1.35 bits per heavy atom. The number of rotatable bonds is 3. The predicted molar refractivity (Wildman–Crippen MR) is 75.7 cm³/mol. The van der Waals surface area contributed by atoms with Crippen molar-refractivity contribution in [2.45, 2.75) is 32.1 Å². The third-order valence-corrected chi connectivity index (χ3v) is 3.76. The minimum atomic E-state index is -4.27. The van der Waals surface area contributed by atoms with Crippen molar-refractivity contribution in [2.75, 3.05) is 13.1 Å². The molecule has 1 heterocycles. The first kappa shape index (κ1) is 17.3. The topological polar surface area (TPSA) is 29.3 Å². The minimum Gasteiger partial charge on any atom is -0.330 e. The van der Waals surface area contributed by atoms with Gasteiger partial charge in [-0.25, -0.2) is 0 Å². The Morgan fingerprint density at radius 3 is 2.60 bits per heavy atom. The van der Waals surface area contributed by atoms with Crippen molar-refractivity contribution in [1.82, 2.24) is 4.90 Å². The number of hydrogen-bond acceptors (Lipinski definition) is 2. The number of alkyl halides is 3. The van der Waals surface area contributed by atoms with Crippen LogP contribution < -0.4 is 5.73 Å². The molecule has 0 radical (unpaired) electrons. The Hall–Kier alpha value is -0.780. The van der Waals surface area contributed by atoms with Crippen LogP contribution in [0.15, 0.2) is 24.3 Å². The molecule has 1 aromatic carbocycles. The third-order valence-electron chi connectivity index (χ3n) is 3.76. The summed E-state index contributed by atoms with van der Waals surface area (Å²) >= 11 is 0. The monoisotopic (exact) mass is 308 g/mol. The zero-order chi connectivity index (χ0) is 14.0. The van der Waals surface area contributed by atoms with Crippen LogP contribution >= 0.6 is 12.4 Å². The fourth-order valence-corrected chi connectivity index (χ4v) is 2.69. The maximum Gasteiger partial charge on any atom is 0.416 e. The van der Waals surface area contributed by atoms with Gasteiger partial charge in [0.2, 0.25) is 0 Å². The van der Waals surface area contributed by atoms with E-state index in [-0.39, 0.29) is 12.4 Å². The van der Waals surface area contributed by atoms with Crippen LogP contribution in [0.5, 0.6) is 0 Å². The van der Waals surface area contributed by atoms with Gasteiger partial charge in [-0.1, -0.05) is 18.2 Å². The predicted octanol–water partition coefficient (Wildman–Crippen LogP) is 3.30. The molecule has 2 atom stereocenters. The second-order valence-electron chi connectivity index (χ2n) is 5.31. The highest BCUT2D eigenvalue weighted by atomic mass is 35.5. The Labute approximate surface area is 123 Å². The van der Waals surface area contributed by atoms with Gasteiger partial charge in [-0.3, -0.25) is 4.90 Å². The maximum absolute atomic E-state index is 12.6. The Kier molecular flexibility index (Phi) is 5.86. The van der Waals surface area contributed by atoms with E-state index in [1.54, 1.807) is 6.07 Å². The number of nitrogens with two attached hydrogens (primary N) is 1. The highest BCUT2D eigenvalue weighted by molar-refractivity contribution is 5.85. The van der Waals surface area contributed by atoms with Crippen molar-refractivity contribution in [3.63, 3.8) is 0 Å². The van der Waals surface area contributed by atoms with Crippen LogP contribution in [0, 0.1) is 5.92 Å². The smallest absolute Gasteiger partial charge is 0.330 e. The minimum absolute atomic E-state index is 0. The normalized spacial score (nSPS) is 23.6. The molecule has 2 rings (SSSR count). The molecule has 0 aromatic heterocycles.